The minimum absolute atomic E-state index is 0.0870. The smallest absolute Gasteiger partial charge is 0.223 e. The lowest BCUT2D eigenvalue weighted by Gasteiger charge is -2.21. The van der Waals surface area contributed by atoms with Crippen LogP contribution >= 0.6 is 22.7 Å². The van der Waals surface area contributed by atoms with Gasteiger partial charge in [-0.2, -0.15) is 0 Å². The van der Waals surface area contributed by atoms with Crippen LogP contribution in [0.15, 0.2) is 59.3 Å². The number of amides is 1. The molecule has 3 aromatic rings. The van der Waals surface area contributed by atoms with Gasteiger partial charge in [-0.1, -0.05) is 24.3 Å². The van der Waals surface area contributed by atoms with Gasteiger partial charge in [0.2, 0.25) is 5.91 Å². The second-order valence-electron chi connectivity index (χ2n) is 5.79. The Kier molecular flexibility index (Phi) is 6.80. The lowest BCUT2D eigenvalue weighted by molar-refractivity contribution is -0.132. The number of hydrogen-bond donors (Lipinski definition) is 0. The van der Waals surface area contributed by atoms with Gasteiger partial charge in [-0.3, -0.25) is 4.79 Å². The van der Waals surface area contributed by atoms with Gasteiger partial charge < -0.3 is 9.64 Å². The number of para-hydroxylation sites is 1. The average molecular weight is 390 g/mol. The summed E-state index contributed by atoms with van der Waals surface area (Å²) in [5.74, 6) is -0.0613. The van der Waals surface area contributed by atoms with Crippen molar-refractivity contribution in [2.24, 2.45) is 0 Å². The van der Waals surface area contributed by atoms with Gasteiger partial charge >= 0.3 is 0 Å². The summed E-state index contributed by atoms with van der Waals surface area (Å²) in [6, 6.07) is 14.4. The fourth-order valence-electron chi connectivity index (χ4n) is 2.54. The van der Waals surface area contributed by atoms with Crippen LogP contribution in [-0.4, -0.2) is 17.4 Å². The molecule has 0 saturated carbocycles. The number of hydrogen-bond acceptors (Lipinski definition) is 4. The summed E-state index contributed by atoms with van der Waals surface area (Å²) in [5.41, 5.74) is 0. The number of rotatable bonds is 9. The van der Waals surface area contributed by atoms with Crippen molar-refractivity contribution in [3.8, 4) is 5.75 Å². The number of thiophene rings is 2. The summed E-state index contributed by atoms with van der Waals surface area (Å²) in [6.07, 6.45) is 0.934. The van der Waals surface area contributed by atoms with E-state index in [1.807, 2.05) is 39.9 Å². The molecule has 0 saturated heterocycles. The molecular formula is C20H20FNO2S2. The first-order valence-corrected chi connectivity index (χ1v) is 10.2. The summed E-state index contributed by atoms with van der Waals surface area (Å²) in [5, 5.41) is 4.04. The fourth-order valence-corrected chi connectivity index (χ4v) is 3.98. The van der Waals surface area contributed by atoms with Crippen molar-refractivity contribution in [2.75, 3.05) is 6.61 Å². The molecule has 3 rings (SSSR count). The van der Waals surface area contributed by atoms with Crippen LogP contribution in [0, 0.1) is 5.82 Å². The molecule has 0 fully saturated rings. The van der Waals surface area contributed by atoms with Gasteiger partial charge in [-0.25, -0.2) is 4.39 Å². The molecule has 0 spiro atoms. The molecule has 0 aliphatic heterocycles. The van der Waals surface area contributed by atoms with E-state index in [2.05, 4.69) is 0 Å². The van der Waals surface area contributed by atoms with E-state index >= 15 is 0 Å². The molecule has 0 atom stereocenters. The van der Waals surface area contributed by atoms with E-state index in [4.69, 9.17) is 4.74 Å². The van der Waals surface area contributed by atoms with Crippen molar-refractivity contribution in [3.05, 3.63) is 74.9 Å². The Hall–Kier alpha value is -2.18. The second kappa shape index (κ2) is 9.50. The van der Waals surface area contributed by atoms with Gasteiger partial charge in [0.15, 0.2) is 11.6 Å². The number of benzene rings is 1. The Labute approximate surface area is 160 Å². The van der Waals surface area contributed by atoms with E-state index in [9.17, 15) is 9.18 Å². The van der Waals surface area contributed by atoms with E-state index in [1.165, 1.54) is 6.07 Å². The Balaban J connectivity index is 1.52. The van der Waals surface area contributed by atoms with E-state index in [0.29, 0.717) is 32.5 Å². The molecule has 0 aliphatic carbocycles. The average Bonchev–Trinajstić information content (AvgIpc) is 3.33. The second-order valence-corrected chi connectivity index (χ2v) is 7.86. The predicted molar refractivity (Wildman–Crippen MR) is 104 cm³/mol. The zero-order valence-corrected chi connectivity index (χ0v) is 15.9. The van der Waals surface area contributed by atoms with Crippen LogP contribution in [0.3, 0.4) is 0 Å². The van der Waals surface area contributed by atoms with Crippen molar-refractivity contribution in [1.82, 2.24) is 4.90 Å². The third kappa shape index (κ3) is 5.41. The molecule has 0 bridgehead atoms. The van der Waals surface area contributed by atoms with Crippen molar-refractivity contribution < 1.29 is 13.9 Å². The summed E-state index contributed by atoms with van der Waals surface area (Å²) < 4.78 is 19.0. The molecule has 2 heterocycles. The summed E-state index contributed by atoms with van der Waals surface area (Å²) in [7, 11) is 0. The normalized spacial score (nSPS) is 10.7. The van der Waals surface area contributed by atoms with Crippen molar-refractivity contribution in [1.29, 1.82) is 0 Å². The van der Waals surface area contributed by atoms with Gasteiger partial charge in [0.1, 0.15) is 0 Å². The monoisotopic (exact) mass is 389 g/mol. The maximum Gasteiger partial charge on any atom is 0.223 e. The van der Waals surface area contributed by atoms with E-state index in [1.54, 1.807) is 40.9 Å². The molecule has 0 radical (unpaired) electrons. The number of halogens is 1. The topological polar surface area (TPSA) is 29.5 Å². The highest BCUT2D eigenvalue weighted by Crippen LogP contribution is 2.19. The largest absolute Gasteiger partial charge is 0.491 e. The van der Waals surface area contributed by atoms with E-state index in [-0.39, 0.29) is 17.5 Å². The van der Waals surface area contributed by atoms with Crippen LogP contribution in [-0.2, 0) is 17.9 Å². The Morgan fingerprint density at radius 3 is 2.19 bits per heavy atom. The number of nitrogens with zero attached hydrogens (tertiary/aromatic N) is 1. The lowest BCUT2D eigenvalue weighted by Crippen LogP contribution is -2.29. The fraction of sp³-hybridized carbons (Fsp3) is 0.250. The molecule has 26 heavy (non-hydrogen) atoms. The number of ether oxygens (including phenoxy) is 1. The molecule has 3 nitrogen and oxygen atoms in total. The van der Waals surface area contributed by atoms with Gasteiger partial charge in [0.25, 0.3) is 0 Å². The number of carbonyl (C=O) groups is 1. The number of carbonyl (C=O) groups excluding carboxylic acids is 1. The van der Waals surface area contributed by atoms with E-state index in [0.717, 1.165) is 9.75 Å². The standard InChI is InChI=1S/C20H20FNO2S2/c21-18-8-1-2-9-19(18)24-11-3-10-20(23)22(14-16-6-4-12-25-16)15-17-7-5-13-26-17/h1-2,4-9,12-13H,3,10-11,14-15H2. The summed E-state index contributed by atoms with van der Waals surface area (Å²) in [4.78, 5) is 16.9. The van der Waals surface area contributed by atoms with Crippen LogP contribution in [0.1, 0.15) is 22.6 Å². The Bertz CT molecular complexity index is 767. The zero-order valence-electron chi connectivity index (χ0n) is 14.3. The van der Waals surface area contributed by atoms with Crippen molar-refractivity contribution in [3.63, 3.8) is 0 Å². The molecular weight excluding hydrogens is 369 g/mol. The molecule has 0 unspecified atom stereocenters. The van der Waals surface area contributed by atoms with Gasteiger partial charge in [0, 0.05) is 16.2 Å². The molecule has 6 heteroatoms. The van der Waals surface area contributed by atoms with Crippen LogP contribution in [0.25, 0.3) is 0 Å². The highest BCUT2D eigenvalue weighted by atomic mass is 32.1. The quantitative estimate of drug-likeness (QED) is 0.463. The highest BCUT2D eigenvalue weighted by Gasteiger charge is 2.15. The van der Waals surface area contributed by atoms with Crippen LogP contribution < -0.4 is 4.74 Å². The third-order valence-electron chi connectivity index (χ3n) is 3.84. The van der Waals surface area contributed by atoms with Gasteiger partial charge in [-0.15, -0.1) is 22.7 Å². The Morgan fingerprint density at radius 2 is 1.62 bits per heavy atom. The van der Waals surface area contributed by atoms with Gasteiger partial charge in [0.05, 0.1) is 19.7 Å². The molecule has 1 aromatic carbocycles. The predicted octanol–water partition coefficient (Wildman–Crippen LogP) is 5.34. The van der Waals surface area contributed by atoms with Gasteiger partial charge in [-0.05, 0) is 41.4 Å². The molecule has 2 aromatic heterocycles. The first-order chi connectivity index (χ1) is 12.7. The lowest BCUT2D eigenvalue weighted by atomic mass is 10.2. The van der Waals surface area contributed by atoms with Crippen LogP contribution in [0.2, 0.25) is 0 Å². The maximum atomic E-state index is 13.5. The molecule has 0 aliphatic rings. The highest BCUT2D eigenvalue weighted by molar-refractivity contribution is 7.10. The zero-order chi connectivity index (χ0) is 18.2. The minimum Gasteiger partial charge on any atom is -0.491 e. The molecule has 0 N–H and O–H groups in total. The summed E-state index contributed by atoms with van der Waals surface area (Å²) >= 11 is 3.30. The summed E-state index contributed by atoms with van der Waals surface area (Å²) in [6.45, 7) is 1.55. The van der Waals surface area contributed by atoms with Crippen LogP contribution in [0.5, 0.6) is 5.75 Å². The SMILES string of the molecule is O=C(CCCOc1ccccc1F)N(Cc1cccs1)Cc1cccs1. The van der Waals surface area contributed by atoms with E-state index < -0.39 is 0 Å². The first-order valence-electron chi connectivity index (χ1n) is 8.42. The van der Waals surface area contributed by atoms with Crippen molar-refractivity contribution >= 4 is 28.6 Å². The van der Waals surface area contributed by atoms with Crippen LogP contribution in [0.4, 0.5) is 4.39 Å². The maximum absolute atomic E-state index is 13.5. The molecule has 136 valence electrons. The van der Waals surface area contributed by atoms with Crippen molar-refractivity contribution in [2.45, 2.75) is 25.9 Å². The Morgan fingerprint density at radius 1 is 0.962 bits per heavy atom. The third-order valence-corrected chi connectivity index (χ3v) is 5.56. The molecule has 1 amide bonds. The first kappa shape index (κ1) is 18.6. The minimum atomic E-state index is -0.379.